The van der Waals surface area contributed by atoms with Gasteiger partial charge in [0.25, 0.3) is 5.95 Å². The number of carbonyl (C=O) groups excluding carboxylic acids is 2. The standard InChI is InChI=1S/C22H20FN5O5/c1-24-19(29)10-13-16(31-2)6-4-15(20(13)30)27-22-25-11-14(23)21(28-22)26-12-3-5-17-18(9-12)33-8-7-32-17/h3,5-6,9-11H,4,7-8H2,1-2H3,(H,24,29)(H,25,26,28). The van der Waals surface area contributed by atoms with Gasteiger partial charge in [0, 0.05) is 31.3 Å². The Morgan fingerprint density at radius 3 is 2.82 bits per heavy atom. The van der Waals surface area contributed by atoms with Crippen molar-refractivity contribution >= 4 is 34.9 Å². The molecule has 1 aliphatic heterocycles. The van der Waals surface area contributed by atoms with Gasteiger partial charge in [0.2, 0.25) is 11.7 Å². The number of benzene rings is 1. The van der Waals surface area contributed by atoms with Crippen molar-refractivity contribution < 1.29 is 28.2 Å². The third kappa shape index (κ3) is 4.81. The van der Waals surface area contributed by atoms with E-state index in [1.807, 2.05) is 0 Å². The first-order valence-corrected chi connectivity index (χ1v) is 9.98. The molecule has 170 valence electrons. The molecular weight excluding hydrogens is 433 g/mol. The second-order valence-electron chi connectivity index (χ2n) is 6.89. The molecule has 2 aromatic rings. The molecule has 33 heavy (non-hydrogen) atoms. The van der Waals surface area contributed by atoms with Gasteiger partial charge in [0.1, 0.15) is 19.0 Å². The third-order valence-electron chi connectivity index (χ3n) is 4.77. The average Bonchev–Trinajstić information content (AvgIpc) is 2.83. The normalized spacial score (nSPS) is 17.5. The molecular formula is C22H20FN5O5. The van der Waals surface area contributed by atoms with Gasteiger partial charge < -0.3 is 24.8 Å². The number of anilines is 2. The predicted octanol–water partition coefficient (Wildman–Crippen LogP) is 2.38. The number of allylic oxidation sites excluding steroid dienone is 2. The number of aliphatic imine (C=N–C) groups is 1. The van der Waals surface area contributed by atoms with Crippen molar-refractivity contribution in [2.45, 2.75) is 6.42 Å². The monoisotopic (exact) mass is 453 g/mol. The summed E-state index contributed by atoms with van der Waals surface area (Å²) in [6, 6.07) is 5.06. The minimum absolute atomic E-state index is 0.0542. The predicted molar refractivity (Wildman–Crippen MR) is 117 cm³/mol. The summed E-state index contributed by atoms with van der Waals surface area (Å²) in [5.41, 5.74) is 0.661. The maximum Gasteiger partial charge on any atom is 0.251 e. The first-order valence-electron chi connectivity index (χ1n) is 9.98. The minimum Gasteiger partial charge on any atom is -0.496 e. The van der Waals surface area contributed by atoms with E-state index in [-0.39, 0.29) is 35.2 Å². The maximum absolute atomic E-state index is 14.4. The van der Waals surface area contributed by atoms with Crippen LogP contribution in [0.15, 0.2) is 52.9 Å². The van der Waals surface area contributed by atoms with E-state index in [1.54, 1.807) is 24.3 Å². The molecule has 4 rings (SSSR count). The highest BCUT2D eigenvalue weighted by molar-refractivity contribution is 6.48. The van der Waals surface area contributed by atoms with Gasteiger partial charge in [0.05, 0.1) is 24.6 Å². The minimum atomic E-state index is -0.703. The van der Waals surface area contributed by atoms with Crippen molar-refractivity contribution in [1.29, 1.82) is 0 Å². The number of Topliss-reactive ketones (excluding diaryl/α,β-unsaturated/α-hetero) is 1. The topological polar surface area (TPSA) is 124 Å². The van der Waals surface area contributed by atoms with Crippen LogP contribution in [0.4, 0.5) is 21.8 Å². The molecule has 0 unspecified atom stereocenters. The van der Waals surface area contributed by atoms with Gasteiger partial charge in [-0.05, 0) is 18.2 Å². The van der Waals surface area contributed by atoms with Crippen molar-refractivity contribution in [3.05, 3.63) is 53.7 Å². The van der Waals surface area contributed by atoms with Crippen molar-refractivity contribution in [2.75, 3.05) is 32.7 Å². The van der Waals surface area contributed by atoms with Gasteiger partial charge >= 0.3 is 0 Å². The van der Waals surface area contributed by atoms with Gasteiger partial charge in [-0.1, -0.05) is 0 Å². The third-order valence-corrected chi connectivity index (χ3v) is 4.77. The summed E-state index contributed by atoms with van der Waals surface area (Å²) >= 11 is 0. The Hall–Kier alpha value is -4.28. The fourth-order valence-corrected chi connectivity index (χ4v) is 3.17. The van der Waals surface area contributed by atoms with E-state index in [4.69, 9.17) is 14.2 Å². The van der Waals surface area contributed by atoms with Gasteiger partial charge in [-0.25, -0.2) is 14.4 Å². The average molecular weight is 453 g/mol. The number of aromatic nitrogens is 2. The van der Waals surface area contributed by atoms with Crippen LogP contribution < -0.4 is 20.1 Å². The number of amides is 1. The number of carbonyl (C=O) groups is 2. The lowest BCUT2D eigenvalue weighted by Gasteiger charge is -2.19. The Bertz CT molecular complexity index is 1210. The highest BCUT2D eigenvalue weighted by Crippen LogP contribution is 2.34. The number of halogens is 1. The number of ketones is 1. The second kappa shape index (κ2) is 9.47. The van der Waals surface area contributed by atoms with Crippen molar-refractivity contribution in [2.24, 2.45) is 4.99 Å². The van der Waals surface area contributed by atoms with Crippen LogP contribution in [-0.2, 0) is 14.3 Å². The lowest BCUT2D eigenvalue weighted by atomic mass is 9.96. The van der Waals surface area contributed by atoms with Gasteiger partial charge in [-0.3, -0.25) is 9.59 Å². The summed E-state index contributed by atoms with van der Waals surface area (Å²) in [4.78, 5) is 36.7. The van der Waals surface area contributed by atoms with E-state index in [2.05, 4.69) is 25.6 Å². The zero-order valence-electron chi connectivity index (χ0n) is 17.8. The van der Waals surface area contributed by atoms with Crippen molar-refractivity contribution in [1.82, 2.24) is 15.3 Å². The zero-order chi connectivity index (χ0) is 23.4. The fraction of sp³-hybridized carbons (Fsp3) is 0.227. The quantitative estimate of drug-likeness (QED) is 0.662. The molecule has 0 atom stereocenters. The molecule has 0 spiro atoms. The Balaban J connectivity index is 1.61. The Morgan fingerprint density at radius 2 is 2.06 bits per heavy atom. The maximum atomic E-state index is 14.4. The van der Waals surface area contributed by atoms with Crippen LogP contribution in [0.3, 0.4) is 0 Å². The molecule has 1 aromatic heterocycles. The Kier molecular flexibility index (Phi) is 6.29. The molecule has 1 aromatic carbocycles. The first-order chi connectivity index (χ1) is 16.0. The van der Waals surface area contributed by atoms with E-state index in [0.717, 1.165) is 12.3 Å². The Labute approximate surface area is 188 Å². The molecule has 2 N–H and O–H groups in total. The van der Waals surface area contributed by atoms with Crippen LogP contribution in [0.1, 0.15) is 6.42 Å². The highest BCUT2D eigenvalue weighted by atomic mass is 19.1. The van der Waals surface area contributed by atoms with Crippen molar-refractivity contribution in [3.8, 4) is 11.5 Å². The van der Waals surface area contributed by atoms with Crippen LogP contribution in [-0.4, -0.2) is 54.7 Å². The molecule has 10 nitrogen and oxygen atoms in total. The molecule has 2 heterocycles. The molecule has 1 amide bonds. The summed E-state index contributed by atoms with van der Waals surface area (Å²) in [5, 5.41) is 5.27. The SMILES string of the molecule is CNC(=O)C=C1C(=O)C(=Nc2ncc(F)c(Nc3ccc4c(c3)OCCO4)n2)CC=C1OC. The number of nitrogens with one attached hydrogen (secondary N) is 2. The largest absolute Gasteiger partial charge is 0.496 e. The molecule has 0 fully saturated rings. The smallest absolute Gasteiger partial charge is 0.251 e. The molecule has 11 heteroatoms. The number of nitrogens with zero attached hydrogens (tertiary/aromatic N) is 3. The zero-order valence-corrected chi connectivity index (χ0v) is 17.8. The Morgan fingerprint density at radius 1 is 1.27 bits per heavy atom. The summed E-state index contributed by atoms with van der Waals surface area (Å²) < 4.78 is 30.5. The number of fused-ring (bicyclic) bond motifs is 1. The lowest BCUT2D eigenvalue weighted by molar-refractivity contribution is -0.116. The summed E-state index contributed by atoms with van der Waals surface area (Å²) in [5.74, 6) is -0.521. The van der Waals surface area contributed by atoms with E-state index in [0.29, 0.717) is 30.4 Å². The van der Waals surface area contributed by atoms with E-state index < -0.39 is 17.5 Å². The van der Waals surface area contributed by atoms with E-state index in [9.17, 15) is 14.0 Å². The van der Waals surface area contributed by atoms with Crippen LogP contribution in [0.2, 0.25) is 0 Å². The number of rotatable bonds is 5. The number of ether oxygens (including phenoxy) is 3. The number of hydrogen-bond acceptors (Lipinski definition) is 9. The number of likely N-dealkylation sites (N-methyl/N-ethyl adjacent to an activating group) is 1. The van der Waals surface area contributed by atoms with E-state index in [1.165, 1.54) is 14.2 Å². The number of hydrogen-bond donors (Lipinski definition) is 2. The molecule has 0 radical (unpaired) electrons. The van der Waals surface area contributed by atoms with Crippen LogP contribution in [0.25, 0.3) is 0 Å². The van der Waals surface area contributed by atoms with Crippen LogP contribution in [0.5, 0.6) is 11.5 Å². The molecule has 1 aliphatic carbocycles. The summed E-state index contributed by atoms with van der Waals surface area (Å²) in [7, 11) is 2.85. The summed E-state index contributed by atoms with van der Waals surface area (Å²) in [6.07, 6.45) is 3.84. The highest BCUT2D eigenvalue weighted by Gasteiger charge is 2.26. The number of methoxy groups -OCH3 is 1. The van der Waals surface area contributed by atoms with Crippen LogP contribution >= 0.6 is 0 Å². The van der Waals surface area contributed by atoms with E-state index >= 15 is 0 Å². The molecule has 0 saturated heterocycles. The second-order valence-corrected chi connectivity index (χ2v) is 6.89. The molecule has 2 aliphatic rings. The van der Waals surface area contributed by atoms with Gasteiger partial charge in [0.15, 0.2) is 23.1 Å². The molecule has 0 bridgehead atoms. The summed E-state index contributed by atoms with van der Waals surface area (Å²) in [6.45, 7) is 0.882. The van der Waals surface area contributed by atoms with Crippen molar-refractivity contribution in [3.63, 3.8) is 0 Å². The molecule has 0 saturated carbocycles. The fourth-order valence-electron chi connectivity index (χ4n) is 3.17. The van der Waals surface area contributed by atoms with Crippen LogP contribution in [0, 0.1) is 5.82 Å². The lowest BCUT2D eigenvalue weighted by Crippen LogP contribution is -2.25. The first kappa shape index (κ1) is 21.9. The van der Waals surface area contributed by atoms with Gasteiger partial charge in [-0.2, -0.15) is 4.98 Å². The van der Waals surface area contributed by atoms with Gasteiger partial charge in [-0.15, -0.1) is 0 Å².